The van der Waals surface area contributed by atoms with Crippen LogP contribution in [0.5, 0.6) is 0 Å². The summed E-state index contributed by atoms with van der Waals surface area (Å²) < 4.78 is 0. The highest BCUT2D eigenvalue weighted by Crippen LogP contribution is 2.42. The van der Waals surface area contributed by atoms with Crippen LogP contribution in [-0.2, 0) is 0 Å². The number of nitrogens with zero attached hydrogens (tertiary/aromatic N) is 2. The Morgan fingerprint density at radius 3 is 2.33 bits per heavy atom. The van der Waals surface area contributed by atoms with Gasteiger partial charge in [0.2, 0.25) is 0 Å². The van der Waals surface area contributed by atoms with E-state index in [1.54, 1.807) is 0 Å². The lowest BCUT2D eigenvalue weighted by molar-refractivity contribution is 0.152. The second kappa shape index (κ2) is 2.74. The Balaban J connectivity index is 1.95. The van der Waals surface area contributed by atoms with Crippen molar-refractivity contribution in [1.29, 1.82) is 5.26 Å². The van der Waals surface area contributed by atoms with Crippen molar-refractivity contribution in [3.05, 3.63) is 0 Å². The molecule has 0 aromatic heterocycles. The summed E-state index contributed by atoms with van der Waals surface area (Å²) in [6, 6.07) is 2.46. The molecule has 1 saturated carbocycles. The molecule has 0 amide bonds. The molecule has 0 spiro atoms. The molecule has 0 aromatic rings. The van der Waals surface area contributed by atoms with Crippen LogP contribution in [0.1, 0.15) is 32.6 Å². The van der Waals surface area contributed by atoms with Crippen LogP contribution < -0.4 is 0 Å². The highest BCUT2D eigenvalue weighted by Gasteiger charge is 2.48. The third kappa shape index (κ3) is 1.23. The van der Waals surface area contributed by atoms with E-state index in [2.05, 4.69) is 17.9 Å². The highest BCUT2D eigenvalue weighted by atomic mass is 15.2. The molecule has 0 N–H and O–H groups in total. The molecule has 2 nitrogen and oxygen atoms in total. The van der Waals surface area contributed by atoms with Crippen LogP contribution in [0.2, 0.25) is 0 Å². The summed E-state index contributed by atoms with van der Waals surface area (Å²) in [6.45, 7) is 4.60. The van der Waals surface area contributed by atoms with Gasteiger partial charge in [0.25, 0.3) is 0 Å². The number of hydrogen-bond donors (Lipinski definition) is 0. The zero-order valence-corrected chi connectivity index (χ0v) is 7.71. The standard InChI is InChI=1S/C10H16N2/c1-9-2-6-12(7-3-9)10(8-11)4-5-10/h9H,2-7H2,1H3. The smallest absolute Gasteiger partial charge is 0.109 e. The van der Waals surface area contributed by atoms with Crippen LogP contribution in [0, 0.1) is 17.2 Å². The van der Waals surface area contributed by atoms with Crippen LogP contribution in [0.25, 0.3) is 0 Å². The van der Waals surface area contributed by atoms with Gasteiger partial charge in [-0.25, -0.2) is 0 Å². The van der Waals surface area contributed by atoms with Gasteiger partial charge in [-0.15, -0.1) is 0 Å². The molecule has 1 saturated heterocycles. The fourth-order valence-electron chi connectivity index (χ4n) is 2.05. The molecule has 0 atom stereocenters. The van der Waals surface area contributed by atoms with Gasteiger partial charge in [-0.1, -0.05) is 6.92 Å². The van der Waals surface area contributed by atoms with E-state index < -0.39 is 0 Å². The SMILES string of the molecule is CC1CCN(C2(C#N)CC2)CC1. The van der Waals surface area contributed by atoms with Crippen molar-refractivity contribution < 1.29 is 0 Å². The van der Waals surface area contributed by atoms with Gasteiger partial charge in [0.05, 0.1) is 6.07 Å². The van der Waals surface area contributed by atoms with Crippen molar-refractivity contribution in [2.24, 2.45) is 5.92 Å². The molecule has 1 aliphatic carbocycles. The Bertz CT molecular complexity index is 204. The van der Waals surface area contributed by atoms with Crippen molar-refractivity contribution in [3.63, 3.8) is 0 Å². The lowest BCUT2D eigenvalue weighted by atomic mass is 9.97. The topological polar surface area (TPSA) is 27.0 Å². The van der Waals surface area contributed by atoms with Gasteiger partial charge in [-0.2, -0.15) is 5.26 Å². The first-order chi connectivity index (χ1) is 5.77. The molecule has 2 fully saturated rings. The van der Waals surface area contributed by atoms with Gasteiger partial charge in [0.15, 0.2) is 0 Å². The molecular weight excluding hydrogens is 148 g/mol. The highest BCUT2D eigenvalue weighted by molar-refractivity contribution is 5.19. The fourth-order valence-corrected chi connectivity index (χ4v) is 2.05. The predicted octanol–water partition coefficient (Wildman–Crippen LogP) is 1.77. The van der Waals surface area contributed by atoms with E-state index in [9.17, 15) is 0 Å². The minimum absolute atomic E-state index is 0.0137. The maximum Gasteiger partial charge on any atom is 0.109 e. The number of hydrogen-bond acceptors (Lipinski definition) is 2. The molecule has 1 aliphatic heterocycles. The molecule has 66 valence electrons. The zero-order chi connectivity index (χ0) is 8.60. The molecular formula is C10H16N2. The average Bonchev–Trinajstić information content (AvgIpc) is 2.86. The van der Waals surface area contributed by atoms with E-state index in [0.717, 1.165) is 31.8 Å². The normalized spacial score (nSPS) is 29.7. The van der Waals surface area contributed by atoms with Crippen LogP contribution in [0.3, 0.4) is 0 Å². The van der Waals surface area contributed by atoms with Crippen LogP contribution in [0.4, 0.5) is 0 Å². The van der Waals surface area contributed by atoms with Crippen molar-refractivity contribution in [2.45, 2.75) is 38.1 Å². The third-order valence-corrected chi connectivity index (χ3v) is 3.32. The Hall–Kier alpha value is -0.550. The number of rotatable bonds is 1. The molecule has 0 unspecified atom stereocenters. The Kier molecular flexibility index (Phi) is 1.84. The first-order valence-corrected chi connectivity index (χ1v) is 4.93. The molecule has 2 rings (SSSR count). The minimum atomic E-state index is -0.0137. The molecule has 0 radical (unpaired) electrons. The third-order valence-electron chi connectivity index (χ3n) is 3.32. The Labute approximate surface area is 74.2 Å². The van der Waals surface area contributed by atoms with E-state index >= 15 is 0 Å². The second-order valence-corrected chi connectivity index (χ2v) is 4.31. The summed E-state index contributed by atoms with van der Waals surface area (Å²) in [7, 11) is 0. The monoisotopic (exact) mass is 164 g/mol. The molecule has 12 heavy (non-hydrogen) atoms. The van der Waals surface area contributed by atoms with Crippen molar-refractivity contribution in [3.8, 4) is 6.07 Å². The summed E-state index contributed by atoms with van der Waals surface area (Å²) in [5.74, 6) is 0.871. The quantitative estimate of drug-likeness (QED) is 0.590. The van der Waals surface area contributed by atoms with Gasteiger partial charge >= 0.3 is 0 Å². The van der Waals surface area contributed by atoms with Gasteiger partial charge < -0.3 is 0 Å². The van der Waals surface area contributed by atoms with E-state index in [0.29, 0.717) is 0 Å². The summed E-state index contributed by atoms with van der Waals surface area (Å²) in [5.41, 5.74) is -0.0137. The maximum absolute atomic E-state index is 8.98. The first-order valence-electron chi connectivity index (χ1n) is 4.93. The van der Waals surface area contributed by atoms with Crippen LogP contribution >= 0.6 is 0 Å². The zero-order valence-electron chi connectivity index (χ0n) is 7.71. The van der Waals surface area contributed by atoms with E-state index in [1.165, 1.54) is 12.8 Å². The number of nitriles is 1. The van der Waals surface area contributed by atoms with Crippen molar-refractivity contribution in [1.82, 2.24) is 4.90 Å². The maximum atomic E-state index is 8.98. The summed E-state index contributed by atoms with van der Waals surface area (Å²) in [4.78, 5) is 2.40. The van der Waals surface area contributed by atoms with E-state index in [1.807, 2.05) is 0 Å². The largest absolute Gasteiger partial charge is 0.286 e. The van der Waals surface area contributed by atoms with Crippen molar-refractivity contribution >= 4 is 0 Å². The second-order valence-electron chi connectivity index (χ2n) is 4.31. The van der Waals surface area contributed by atoms with E-state index in [-0.39, 0.29) is 5.54 Å². The average molecular weight is 164 g/mol. The first kappa shape index (κ1) is 8.07. The van der Waals surface area contributed by atoms with Gasteiger partial charge in [0.1, 0.15) is 5.54 Å². The lowest BCUT2D eigenvalue weighted by Crippen LogP contribution is -2.41. The molecule has 0 aromatic carbocycles. The molecule has 2 aliphatic rings. The molecule has 0 bridgehead atoms. The summed E-state index contributed by atoms with van der Waals surface area (Å²) in [5, 5.41) is 8.98. The number of likely N-dealkylation sites (tertiary alicyclic amines) is 1. The Morgan fingerprint density at radius 2 is 1.92 bits per heavy atom. The summed E-state index contributed by atoms with van der Waals surface area (Å²) in [6.07, 6.45) is 4.78. The molecule has 1 heterocycles. The van der Waals surface area contributed by atoms with Crippen molar-refractivity contribution in [2.75, 3.05) is 13.1 Å². The van der Waals surface area contributed by atoms with Gasteiger partial charge in [-0.05, 0) is 44.7 Å². The van der Waals surface area contributed by atoms with Gasteiger partial charge in [-0.3, -0.25) is 4.90 Å². The van der Waals surface area contributed by atoms with Gasteiger partial charge in [0, 0.05) is 0 Å². The van der Waals surface area contributed by atoms with Crippen LogP contribution in [0.15, 0.2) is 0 Å². The fraction of sp³-hybridized carbons (Fsp3) is 0.900. The molecule has 2 heteroatoms. The predicted molar refractivity (Wildman–Crippen MR) is 47.5 cm³/mol. The number of piperidine rings is 1. The van der Waals surface area contributed by atoms with Crippen LogP contribution in [-0.4, -0.2) is 23.5 Å². The minimum Gasteiger partial charge on any atom is -0.286 e. The lowest BCUT2D eigenvalue weighted by Gasteiger charge is -2.33. The summed E-state index contributed by atoms with van der Waals surface area (Å²) >= 11 is 0. The van der Waals surface area contributed by atoms with E-state index in [4.69, 9.17) is 5.26 Å². The Morgan fingerprint density at radius 1 is 1.33 bits per heavy atom.